The van der Waals surface area contributed by atoms with Gasteiger partial charge in [-0.15, -0.1) is 0 Å². The van der Waals surface area contributed by atoms with Crippen molar-refractivity contribution in [2.75, 3.05) is 19.0 Å². The predicted octanol–water partition coefficient (Wildman–Crippen LogP) is 4.19. The molecule has 5 rings (SSSR count). The van der Waals surface area contributed by atoms with Gasteiger partial charge in [0.15, 0.2) is 5.13 Å². The Kier molecular flexibility index (Phi) is 4.63. The number of anilines is 1. The minimum atomic E-state index is -0.277. The normalized spacial score (nSPS) is 15.5. The fourth-order valence-corrected chi connectivity index (χ4v) is 4.57. The van der Waals surface area contributed by atoms with Crippen molar-refractivity contribution in [2.24, 2.45) is 5.92 Å². The predicted molar refractivity (Wildman–Crippen MR) is 116 cm³/mol. The van der Waals surface area contributed by atoms with Crippen molar-refractivity contribution in [1.82, 2.24) is 15.2 Å². The van der Waals surface area contributed by atoms with E-state index in [2.05, 4.69) is 26.6 Å². The number of thiazole rings is 1. The number of nitrogens with zero attached hydrogens (tertiary/aromatic N) is 2. The third-order valence-electron chi connectivity index (χ3n) is 5.30. The maximum absolute atomic E-state index is 12.8. The zero-order chi connectivity index (χ0) is 20.7. The van der Waals surface area contributed by atoms with Crippen molar-refractivity contribution in [3.63, 3.8) is 0 Å². The molecule has 2 N–H and O–H groups in total. The lowest BCUT2D eigenvalue weighted by molar-refractivity contribution is -0.121. The second kappa shape index (κ2) is 7.46. The summed E-state index contributed by atoms with van der Waals surface area (Å²) >= 11 is 1.46. The lowest BCUT2D eigenvalue weighted by atomic mass is 9.96. The molecule has 1 aliphatic rings. The number of carbonyl (C=O) groups excluding carboxylic acids is 1. The lowest BCUT2D eigenvalue weighted by Gasteiger charge is -2.24. The number of rotatable bonds is 4. The summed E-state index contributed by atoms with van der Waals surface area (Å²) in [5.74, 6) is 1.20. The number of aromatic amines is 1. The van der Waals surface area contributed by atoms with Gasteiger partial charge in [-0.25, -0.2) is 4.98 Å². The van der Waals surface area contributed by atoms with Gasteiger partial charge < -0.3 is 14.8 Å². The topological polar surface area (TPSA) is 89.1 Å². The number of fused-ring (bicyclic) bond motifs is 2. The molecule has 2 aromatic carbocycles. The van der Waals surface area contributed by atoms with Crippen LogP contribution in [0.5, 0.6) is 11.5 Å². The van der Waals surface area contributed by atoms with E-state index in [-0.39, 0.29) is 11.8 Å². The van der Waals surface area contributed by atoms with Crippen molar-refractivity contribution >= 4 is 32.6 Å². The summed E-state index contributed by atoms with van der Waals surface area (Å²) in [5, 5.41) is 10.6. The zero-order valence-corrected chi connectivity index (χ0v) is 17.4. The van der Waals surface area contributed by atoms with Gasteiger partial charge >= 0.3 is 0 Å². The van der Waals surface area contributed by atoms with E-state index in [1.54, 1.807) is 7.11 Å². The van der Waals surface area contributed by atoms with E-state index in [0.29, 0.717) is 18.2 Å². The molecule has 0 saturated heterocycles. The molecular formula is C22H20N4O3S. The van der Waals surface area contributed by atoms with Crippen LogP contribution < -0.4 is 14.8 Å². The van der Waals surface area contributed by atoms with Gasteiger partial charge in [0.25, 0.3) is 0 Å². The molecule has 1 atom stereocenters. The van der Waals surface area contributed by atoms with Crippen molar-refractivity contribution in [1.29, 1.82) is 0 Å². The van der Waals surface area contributed by atoms with Crippen LogP contribution in [0.15, 0.2) is 42.6 Å². The highest BCUT2D eigenvalue weighted by atomic mass is 32.1. The smallest absolute Gasteiger partial charge is 0.233 e. The Morgan fingerprint density at radius 3 is 3.00 bits per heavy atom. The summed E-state index contributed by atoms with van der Waals surface area (Å²) in [6.45, 7) is 2.34. The standard InChI is InChI=1S/C22H20N4O3S/c1-12-17(10-23-26-12)13-3-5-18-20(9-13)30-22(24-18)25-21(27)15-7-14-8-16(28-2)4-6-19(14)29-11-15/h3-6,8-10,15H,7,11H2,1-2H3,(H,23,26)(H,24,25,27)/t15-/m0/s1. The highest BCUT2D eigenvalue weighted by Crippen LogP contribution is 2.33. The van der Waals surface area contributed by atoms with Gasteiger partial charge in [0.05, 0.1) is 29.4 Å². The van der Waals surface area contributed by atoms with E-state index < -0.39 is 0 Å². The first-order valence-electron chi connectivity index (χ1n) is 9.62. The van der Waals surface area contributed by atoms with E-state index in [1.165, 1.54) is 11.3 Å². The maximum atomic E-state index is 12.8. The SMILES string of the molecule is COc1ccc2c(c1)C[C@H](C(=O)Nc1nc3ccc(-c4cn[nH]c4C)cc3s1)CO2. The van der Waals surface area contributed by atoms with Crippen molar-refractivity contribution in [2.45, 2.75) is 13.3 Å². The second-order valence-electron chi connectivity index (χ2n) is 7.29. The summed E-state index contributed by atoms with van der Waals surface area (Å²) in [6, 6.07) is 11.7. The Hall–Kier alpha value is -3.39. The zero-order valence-electron chi connectivity index (χ0n) is 16.6. The molecule has 0 radical (unpaired) electrons. The van der Waals surface area contributed by atoms with Gasteiger partial charge in [-0.1, -0.05) is 17.4 Å². The van der Waals surface area contributed by atoms with Gasteiger partial charge in [0.2, 0.25) is 5.91 Å². The highest BCUT2D eigenvalue weighted by Gasteiger charge is 2.27. The molecule has 4 aromatic rings. The molecule has 0 unspecified atom stereocenters. The van der Waals surface area contributed by atoms with Crippen LogP contribution in [0.3, 0.4) is 0 Å². The molecule has 7 nitrogen and oxygen atoms in total. The molecular weight excluding hydrogens is 400 g/mol. The molecule has 1 amide bonds. The molecule has 0 bridgehead atoms. The van der Waals surface area contributed by atoms with E-state index in [4.69, 9.17) is 9.47 Å². The minimum Gasteiger partial charge on any atom is -0.497 e. The number of benzene rings is 2. The second-order valence-corrected chi connectivity index (χ2v) is 8.32. The van der Waals surface area contributed by atoms with Crippen LogP contribution in [0.2, 0.25) is 0 Å². The lowest BCUT2D eigenvalue weighted by Crippen LogP contribution is -2.32. The summed E-state index contributed by atoms with van der Waals surface area (Å²) in [5.41, 5.74) is 4.98. The molecule has 0 saturated carbocycles. The largest absolute Gasteiger partial charge is 0.497 e. The third kappa shape index (κ3) is 3.39. The van der Waals surface area contributed by atoms with E-state index in [0.717, 1.165) is 44.1 Å². The Morgan fingerprint density at radius 2 is 2.20 bits per heavy atom. The van der Waals surface area contributed by atoms with E-state index >= 15 is 0 Å². The molecule has 3 heterocycles. The number of hydrogen-bond acceptors (Lipinski definition) is 6. The van der Waals surface area contributed by atoms with Gasteiger partial charge in [-0.3, -0.25) is 9.89 Å². The van der Waals surface area contributed by atoms with E-state index in [1.807, 2.05) is 43.5 Å². The van der Waals surface area contributed by atoms with Gasteiger partial charge in [0, 0.05) is 11.3 Å². The van der Waals surface area contributed by atoms with Crippen molar-refractivity contribution in [3.8, 4) is 22.6 Å². The van der Waals surface area contributed by atoms with Crippen LogP contribution in [0.1, 0.15) is 11.3 Å². The van der Waals surface area contributed by atoms with Crippen LogP contribution in [-0.4, -0.2) is 34.8 Å². The molecule has 152 valence electrons. The van der Waals surface area contributed by atoms with Crippen molar-refractivity contribution < 1.29 is 14.3 Å². The first kappa shape index (κ1) is 18.6. The highest BCUT2D eigenvalue weighted by molar-refractivity contribution is 7.22. The third-order valence-corrected chi connectivity index (χ3v) is 6.24. The Morgan fingerprint density at radius 1 is 1.30 bits per heavy atom. The average molecular weight is 420 g/mol. The average Bonchev–Trinajstić information content (AvgIpc) is 3.37. The van der Waals surface area contributed by atoms with Gasteiger partial charge in [0.1, 0.15) is 18.1 Å². The van der Waals surface area contributed by atoms with Gasteiger partial charge in [-0.05, 0) is 54.8 Å². The summed E-state index contributed by atoms with van der Waals surface area (Å²) in [4.78, 5) is 17.4. The van der Waals surface area contributed by atoms with Crippen LogP contribution in [0.25, 0.3) is 21.3 Å². The Bertz CT molecular complexity index is 1250. The fourth-order valence-electron chi connectivity index (χ4n) is 3.66. The number of hydrogen-bond donors (Lipinski definition) is 2. The monoisotopic (exact) mass is 420 g/mol. The number of H-pyrrole nitrogens is 1. The van der Waals surface area contributed by atoms with Gasteiger partial charge in [-0.2, -0.15) is 5.10 Å². The number of aromatic nitrogens is 3. The quantitative estimate of drug-likeness (QED) is 0.517. The molecule has 30 heavy (non-hydrogen) atoms. The Balaban J connectivity index is 1.34. The van der Waals surface area contributed by atoms with Crippen LogP contribution in [0, 0.1) is 12.8 Å². The number of amides is 1. The summed E-state index contributed by atoms with van der Waals surface area (Å²) in [7, 11) is 1.63. The molecule has 1 aliphatic heterocycles. The Labute approximate surface area is 177 Å². The maximum Gasteiger partial charge on any atom is 0.233 e. The number of carbonyl (C=O) groups is 1. The molecule has 0 aliphatic carbocycles. The van der Waals surface area contributed by atoms with Crippen LogP contribution in [0.4, 0.5) is 5.13 Å². The first-order valence-corrected chi connectivity index (χ1v) is 10.4. The molecule has 0 fully saturated rings. The number of nitrogens with one attached hydrogen (secondary N) is 2. The van der Waals surface area contributed by atoms with Crippen LogP contribution in [-0.2, 0) is 11.2 Å². The molecule has 0 spiro atoms. The molecule has 2 aromatic heterocycles. The number of ether oxygens (including phenoxy) is 2. The minimum absolute atomic E-state index is 0.0894. The van der Waals surface area contributed by atoms with Crippen LogP contribution >= 0.6 is 11.3 Å². The number of aryl methyl sites for hydroxylation is 1. The first-order chi connectivity index (χ1) is 14.6. The number of methoxy groups -OCH3 is 1. The molecule has 8 heteroatoms. The van der Waals surface area contributed by atoms with E-state index in [9.17, 15) is 4.79 Å². The summed E-state index contributed by atoms with van der Waals surface area (Å²) < 4.78 is 12.1. The summed E-state index contributed by atoms with van der Waals surface area (Å²) in [6.07, 6.45) is 2.42. The van der Waals surface area contributed by atoms with Crippen molar-refractivity contribution in [3.05, 3.63) is 53.9 Å². The fraction of sp³-hybridized carbons (Fsp3) is 0.227.